The Labute approximate surface area is 93.9 Å². The van der Waals surface area contributed by atoms with E-state index in [1.807, 2.05) is 11.3 Å². The van der Waals surface area contributed by atoms with Crippen LogP contribution in [0.2, 0.25) is 0 Å². The van der Waals surface area contributed by atoms with Crippen LogP contribution in [0.5, 0.6) is 0 Å². The van der Waals surface area contributed by atoms with Gasteiger partial charge < -0.3 is 5.73 Å². The Morgan fingerprint density at radius 3 is 2.93 bits per heavy atom. The van der Waals surface area contributed by atoms with Crippen molar-refractivity contribution < 1.29 is 0 Å². The quantitative estimate of drug-likeness (QED) is 0.833. The number of rotatable bonds is 3. The molecular formula is C13H15NS. The minimum absolute atomic E-state index is 0.244. The highest BCUT2D eigenvalue weighted by molar-refractivity contribution is 7.17. The van der Waals surface area contributed by atoms with E-state index >= 15 is 0 Å². The molecule has 1 aromatic carbocycles. The van der Waals surface area contributed by atoms with Gasteiger partial charge in [-0.15, -0.1) is 11.3 Å². The number of nitrogens with two attached hydrogens (primary N) is 1. The van der Waals surface area contributed by atoms with Gasteiger partial charge >= 0.3 is 0 Å². The summed E-state index contributed by atoms with van der Waals surface area (Å²) in [6.45, 7) is 0. The summed E-state index contributed by atoms with van der Waals surface area (Å²) in [4.78, 5) is 0. The second-order valence-electron chi connectivity index (χ2n) is 4.47. The molecule has 1 heterocycles. The molecule has 3 rings (SSSR count). The molecule has 2 heteroatoms. The van der Waals surface area contributed by atoms with Gasteiger partial charge in [-0.3, -0.25) is 0 Å². The maximum absolute atomic E-state index is 6.25. The summed E-state index contributed by atoms with van der Waals surface area (Å²) >= 11 is 1.81. The van der Waals surface area contributed by atoms with Crippen LogP contribution in [0.1, 0.15) is 30.9 Å². The molecule has 1 saturated carbocycles. The summed E-state index contributed by atoms with van der Waals surface area (Å²) in [5.74, 6) is 0.902. The van der Waals surface area contributed by atoms with Crippen molar-refractivity contribution in [3.05, 3.63) is 35.2 Å². The fourth-order valence-corrected chi connectivity index (χ4v) is 3.15. The van der Waals surface area contributed by atoms with Gasteiger partial charge in [-0.2, -0.15) is 0 Å². The molecule has 0 unspecified atom stereocenters. The second-order valence-corrected chi connectivity index (χ2v) is 5.38. The molecule has 0 radical (unpaired) electrons. The summed E-state index contributed by atoms with van der Waals surface area (Å²) in [5, 5.41) is 3.59. The zero-order valence-corrected chi connectivity index (χ0v) is 9.46. The fraction of sp³-hybridized carbons (Fsp3) is 0.385. The second kappa shape index (κ2) is 3.62. The van der Waals surface area contributed by atoms with Gasteiger partial charge in [0, 0.05) is 10.7 Å². The van der Waals surface area contributed by atoms with E-state index in [2.05, 4.69) is 29.6 Å². The molecule has 1 aliphatic carbocycles. The van der Waals surface area contributed by atoms with Gasteiger partial charge in [-0.05, 0) is 34.7 Å². The molecule has 1 atom stereocenters. The lowest BCUT2D eigenvalue weighted by molar-refractivity contribution is 0.601. The predicted octanol–water partition coefficient (Wildman–Crippen LogP) is 3.70. The van der Waals surface area contributed by atoms with Crippen LogP contribution < -0.4 is 5.73 Å². The Bertz CT molecular complexity index is 470. The number of fused-ring (bicyclic) bond motifs is 1. The molecule has 78 valence electrons. The van der Waals surface area contributed by atoms with Crippen LogP contribution in [-0.4, -0.2) is 0 Å². The lowest BCUT2D eigenvalue weighted by Gasteiger charge is -2.09. The van der Waals surface area contributed by atoms with Gasteiger partial charge in [0.1, 0.15) is 0 Å². The molecule has 1 aliphatic rings. The highest BCUT2D eigenvalue weighted by Gasteiger charge is 2.25. The van der Waals surface area contributed by atoms with E-state index < -0.39 is 0 Å². The number of hydrogen-bond donors (Lipinski definition) is 1. The Kier molecular flexibility index (Phi) is 2.26. The third-order valence-corrected chi connectivity index (χ3v) is 4.18. The molecule has 1 fully saturated rings. The highest BCUT2D eigenvalue weighted by atomic mass is 32.1. The summed E-state index contributed by atoms with van der Waals surface area (Å²) in [6, 6.07) is 8.80. The maximum atomic E-state index is 6.25. The van der Waals surface area contributed by atoms with E-state index in [0.717, 1.165) is 5.92 Å². The topological polar surface area (TPSA) is 26.0 Å². The Hall–Kier alpha value is -0.860. The molecule has 0 aliphatic heterocycles. The van der Waals surface area contributed by atoms with Gasteiger partial charge in [0.2, 0.25) is 0 Å². The monoisotopic (exact) mass is 217 g/mol. The first-order valence-electron chi connectivity index (χ1n) is 5.56. The molecule has 2 aromatic rings. The van der Waals surface area contributed by atoms with E-state index in [0.29, 0.717) is 0 Å². The van der Waals surface area contributed by atoms with E-state index in [4.69, 9.17) is 5.73 Å². The zero-order valence-electron chi connectivity index (χ0n) is 8.65. The van der Waals surface area contributed by atoms with Crippen molar-refractivity contribution in [1.82, 2.24) is 0 Å². The van der Waals surface area contributed by atoms with Crippen LogP contribution >= 0.6 is 11.3 Å². The summed E-state index contributed by atoms with van der Waals surface area (Å²) < 4.78 is 1.36. The van der Waals surface area contributed by atoms with E-state index in [-0.39, 0.29) is 6.04 Å². The first-order chi connectivity index (χ1) is 7.34. The van der Waals surface area contributed by atoms with Crippen molar-refractivity contribution in [2.24, 2.45) is 11.7 Å². The van der Waals surface area contributed by atoms with Crippen molar-refractivity contribution >= 4 is 21.4 Å². The molecule has 15 heavy (non-hydrogen) atoms. The van der Waals surface area contributed by atoms with Crippen LogP contribution in [-0.2, 0) is 0 Å². The molecule has 0 spiro atoms. The lowest BCUT2D eigenvalue weighted by atomic mass is 10.0. The van der Waals surface area contributed by atoms with Crippen LogP contribution in [0.4, 0.5) is 0 Å². The van der Waals surface area contributed by atoms with Gasteiger partial charge in [0.05, 0.1) is 0 Å². The largest absolute Gasteiger partial charge is 0.324 e. The molecule has 1 nitrogen and oxygen atoms in total. The third kappa shape index (κ3) is 1.80. The summed E-state index contributed by atoms with van der Waals surface area (Å²) in [6.07, 6.45) is 3.94. The van der Waals surface area contributed by atoms with Crippen LogP contribution in [0.3, 0.4) is 0 Å². The van der Waals surface area contributed by atoms with Gasteiger partial charge in [-0.1, -0.05) is 31.0 Å². The van der Waals surface area contributed by atoms with Crippen molar-refractivity contribution in [3.8, 4) is 0 Å². The number of hydrogen-bond acceptors (Lipinski definition) is 2. The highest BCUT2D eigenvalue weighted by Crippen LogP contribution is 2.39. The van der Waals surface area contributed by atoms with Crippen molar-refractivity contribution in [2.75, 3.05) is 0 Å². The standard InChI is InChI=1S/C13H15NS/c14-12(7-9-5-6-9)11-8-15-13-4-2-1-3-10(11)13/h1-4,8-9,12H,5-7,14H2/t12-/m1/s1. The zero-order chi connectivity index (χ0) is 10.3. The van der Waals surface area contributed by atoms with Gasteiger partial charge in [0.15, 0.2) is 0 Å². The maximum Gasteiger partial charge on any atom is 0.0346 e. The van der Waals surface area contributed by atoms with Crippen molar-refractivity contribution in [2.45, 2.75) is 25.3 Å². The Morgan fingerprint density at radius 2 is 2.13 bits per heavy atom. The molecule has 0 saturated heterocycles. The molecule has 1 aromatic heterocycles. The van der Waals surface area contributed by atoms with E-state index in [1.54, 1.807) is 0 Å². The minimum atomic E-state index is 0.244. The average molecular weight is 217 g/mol. The van der Waals surface area contributed by atoms with Crippen LogP contribution in [0.15, 0.2) is 29.6 Å². The van der Waals surface area contributed by atoms with Crippen molar-refractivity contribution in [1.29, 1.82) is 0 Å². The van der Waals surface area contributed by atoms with Gasteiger partial charge in [0.25, 0.3) is 0 Å². The van der Waals surface area contributed by atoms with Crippen LogP contribution in [0, 0.1) is 5.92 Å². The minimum Gasteiger partial charge on any atom is -0.324 e. The lowest BCUT2D eigenvalue weighted by Crippen LogP contribution is -2.10. The SMILES string of the molecule is N[C@H](CC1CC1)c1csc2ccccc12. The smallest absolute Gasteiger partial charge is 0.0346 e. The Balaban J connectivity index is 1.95. The summed E-state index contributed by atoms with van der Waals surface area (Å²) in [5.41, 5.74) is 7.60. The Morgan fingerprint density at radius 1 is 1.33 bits per heavy atom. The normalized spacial score (nSPS) is 18.2. The fourth-order valence-electron chi connectivity index (χ4n) is 2.13. The average Bonchev–Trinajstić information content (AvgIpc) is 2.96. The van der Waals surface area contributed by atoms with Crippen molar-refractivity contribution in [3.63, 3.8) is 0 Å². The van der Waals surface area contributed by atoms with Gasteiger partial charge in [-0.25, -0.2) is 0 Å². The number of benzene rings is 1. The number of thiophene rings is 1. The van der Waals surface area contributed by atoms with E-state index in [1.165, 1.54) is 34.9 Å². The van der Waals surface area contributed by atoms with Crippen LogP contribution in [0.25, 0.3) is 10.1 Å². The predicted molar refractivity (Wildman–Crippen MR) is 66.1 cm³/mol. The molecule has 2 N–H and O–H groups in total. The third-order valence-electron chi connectivity index (χ3n) is 3.19. The molecular weight excluding hydrogens is 202 g/mol. The molecule has 0 bridgehead atoms. The van der Waals surface area contributed by atoms with E-state index in [9.17, 15) is 0 Å². The summed E-state index contributed by atoms with van der Waals surface area (Å²) in [7, 11) is 0. The molecule has 0 amide bonds. The first-order valence-corrected chi connectivity index (χ1v) is 6.44. The first kappa shape index (κ1) is 9.37.